The molecule has 0 heterocycles. The first kappa shape index (κ1) is 21.4. The van der Waals surface area contributed by atoms with Gasteiger partial charge in [-0.05, 0) is 49.2 Å². The van der Waals surface area contributed by atoms with Crippen LogP contribution in [0.25, 0.3) is 0 Å². The van der Waals surface area contributed by atoms with Gasteiger partial charge in [-0.15, -0.1) is 0 Å². The second-order valence-corrected chi connectivity index (χ2v) is 17.4. The Kier molecular flexibility index (Phi) is 11.2. The first-order valence-electron chi connectivity index (χ1n) is 9.83. The highest BCUT2D eigenvalue weighted by Gasteiger charge is 2.45. The summed E-state index contributed by atoms with van der Waals surface area (Å²) in [6.07, 6.45) is 5.66. The van der Waals surface area contributed by atoms with E-state index in [0.717, 1.165) is 0 Å². The van der Waals surface area contributed by atoms with Crippen molar-refractivity contribution in [1.82, 2.24) is 4.23 Å². The predicted octanol–water partition coefficient (Wildman–Crippen LogP) is 6.88. The number of nitrogens with zero attached hydrogens (tertiary/aromatic N) is 1. The summed E-state index contributed by atoms with van der Waals surface area (Å²) in [6.45, 7) is 18.7. The molecule has 0 fully saturated rings. The Hall–Kier alpha value is 0.394. The standard InChI is InChI=1S/C18H43NSi2/c1-8-15-16-17-18-19(20(9-2,10-3)11-4)21(12-5,13-6)14-7/h8-18H2,1-7H3. The van der Waals surface area contributed by atoms with E-state index in [-0.39, 0.29) is 0 Å². The lowest BCUT2D eigenvalue weighted by Crippen LogP contribution is -2.66. The van der Waals surface area contributed by atoms with E-state index in [9.17, 15) is 0 Å². The van der Waals surface area contributed by atoms with Crippen LogP contribution < -0.4 is 0 Å². The van der Waals surface area contributed by atoms with Crippen molar-refractivity contribution in [1.29, 1.82) is 0 Å². The zero-order valence-electron chi connectivity index (χ0n) is 16.2. The van der Waals surface area contributed by atoms with E-state index in [1.165, 1.54) is 68.5 Å². The Labute approximate surface area is 138 Å². The average Bonchev–Trinajstić information content (AvgIpc) is 2.54. The third-order valence-corrected chi connectivity index (χ3v) is 19.8. The molecule has 21 heavy (non-hydrogen) atoms. The SMILES string of the molecule is CCCCCCN([Si](CC)(CC)CC)[Si](CC)(CC)CC. The first-order valence-corrected chi connectivity index (χ1v) is 15.0. The van der Waals surface area contributed by atoms with Crippen molar-refractivity contribution in [3.8, 4) is 0 Å². The van der Waals surface area contributed by atoms with Crippen molar-refractivity contribution in [2.24, 2.45) is 0 Å². The summed E-state index contributed by atoms with van der Waals surface area (Å²) in [6, 6.07) is 8.77. The molecule has 1 nitrogen and oxygen atoms in total. The molecule has 0 amide bonds. The normalized spacial score (nSPS) is 13.1. The maximum Gasteiger partial charge on any atom is 0.120 e. The van der Waals surface area contributed by atoms with Gasteiger partial charge in [0.25, 0.3) is 0 Å². The lowest BCUT2D eigenvalue weighted by atomic mass is 10.2. The van der Waals surface area contributed by atoms with Crippen LogP contribution in [0.3, 0.4) is 0 Å². The van der Waals surface area contributed by atoms with E-state index in [2.05, 4.69) is 52.7 Å². The van der Waals surface area contributed by atoms with Gasteiger partial charge in [-0.25, -0.2) is 0 Å². The van der Waals surface area contributed by atoms with E-state index < -0.39 is 16.5 Å². The fourth-order valence-corrected chi connectivity index (χ4v) is 17.7. The minimum atomic E-state index is -1.21. The highest BCUT2D eigenvalue weighted by Crippen LogP contribution is 2.36. The maximum absolute atomic E-state index is 3.23. The molecule has 3 heteroatoms. The first-order chi connectivity index (χ1) is 10.1. The molecule has 0 aromatic heterocycles. The Morgan fingerprint density at radius 2 is 0.905 bits per heavy atom. The molecule has 0 spiro atoms. The zero-order valence-corrected chi connectivity index (χ0v) is 18.2. The fourth-order valence-electron chi connectivity index (χ4n) is 4.32. The molecule has 128 valence electrons. The van der Waals surface area contributed by atoms with Crippen LogP contribution in [0.15, 0.2) is 0 Å². The summed E-state index contributed by atoms with van der Waals surface area (Å²) in [7, 11) is -2.42. The maximum atomic E-state index is 3.23. The molecule has 0 radical (unpaired) electrons. The molecule has 0 aliphatic rings. The third-order valence-electron chi connectivity index (χ3n) is 6.33. The molecule has 0 rings (SSSR count). The number of rotatable bonds is 13. The third kappa shape index (κ3) is 5.21. The van der Waals surface area contributed by atoms with Gasteiger partial charge in [-0.2, -0.15) is 0 Å². The molecule has 0 N–H and O–H groups in total. The summed E-state index contributed by atoms with van der Waals surface area (Å²) in [5.41, 5.74) is 0. The van der Waals surface area contributed by atoms with Gasteiger partial charge in [0.2, 0.25) is 0 Å². The van der Waals surface area contributed by atoms with Crippen LogP contribution in [0.1, 0.15) is 74.1 Å². The van der Waals surface area contributed by atoms with Crippen molar-refractivity contribution < 1.29 is 0 Å². The quantitative estimate of drug-likeness (QED) is 0.263. The molecule has 0 saturated heterocycles. The summed E-state index contributed by atoms with van der Waals surface area (Å²) in [4.78, 5) is 0. The lowest BCUT2D eigenvalue weighted by Gasteiger charge is -2.52. The van der Waals surface area contributed by atoms with E-state index in [1.807, 2.05) is 0 Å². The summed E-state index contributed by atoms with van der Waals surface area (Å²) in [5, 5.41) is 0. The second kappa shape index (κ2) is 11.0. The van der Waals surface area contributed by atoms with Crippen molar-refractivity contribution >= 4 is 16.5 Å². The lowest BCUT2D eigenvalue weighted by molar-refractivity contribution is 0.524. The minimum absolute atomic E-state index is 1.21. The fraction of sp³-hybridized carbons (Fsp3) is 1.00. The van der Waals surface area contributed by atoms with Crippen molar-refractivity contribution in [3.05, 3.63) is 0 Å². The molecule has 0 atom stereocenters. The van der Waals surface area contributed by atoms with E-state index in [4.69, 9.17) is 0 Å². The van der Waals surface area contributed by atoms with Gasteiger partial charge in [0.05, 0.1) is 0 Å². The Bertz CT molecular complexity index is 211. The Morgan fingerprint density at radius 3 is 1.19 bits per heavy atom. The summed E-state index contributed by atoms with van der Waals surface area (Å²) >= 11 is 0. The molecule has 0 bridgehead atoms. The van der Waals surface area contributed by atoms with Crippen molar-refractivity contribution in [2.45, 2.75) is 110 Å². The molecule has 0 aromatic carbocycles. The molecule has 0 unspecified atom stereocenters. The summed E-state index contributed by atoms with van der Waals surface area (Å²) in [5.74, 6) is 0. The molecule has 0 aromatic rings. The van der Waals surface area contributed by atoms with Crippen LogP contribution in [0, 0.1) is 0 Å². The van der Waals surface area contributed by atoms with E-state index in [1.54, 1.807) is 0 Å². The molecular weight excluding hydrogens is 286 g/mol. The highest BCUT2D eigenvalue weighted by atomic mass is 28.4. The minimum Gasteiger partial charge on any atom is -0.345 e. The summed E-state index contributed by atoms with van der Waals surface area (Å²) < 4.78 is 3.23. The molecule has 0 aliphatic carbocycles. The second-order valence-electron chi connectivity index (χ2n) is 6.78. The molecular formula is C18H43NSi2. The topological polar surface area (TPSA) is 3.24 Å². The van der Waals surface area contributed by atoms with Crippen LogP contribution in [-0.4, -0.2) is 27.2 Å². The zero-order chi connectivity index (χ0) is 16.4. The van der Waals surface area contributed by atoms with Gasteiger partial charge in [-0.3, -0.25) is 0 Å². The van der Waals surface area contributed by atoms with Gasteiger partial charge >= 0.3 is 0 Å². The van der Waals surface area contributed by atoms with E-state index in [0.29, 0.717) is 0 Å². The number of hydrogen-bond donors (Lipinski definition) is 0. The van der Waals surface area contributed by atoms with Gasteiger partial charge in [-0.1, -0.05) is 67.7 Å². The monoisotopic (exact) mass is 329 g/mol. The molecule has 0 aliphatic heterocycles. The van der Waals surface area contributed by atoms with Crippen LogP contribution in [0.2, 0.25) is 36.3 Å². The number of hydrogen-bond acceptors (Lipinski definition) is 1. The highest BCUT2D eigenvalue weighted by molar-refractivity contribution is 6.92. The van der Waals surface area contributed by atoms with Crippen LogP contribution in [0.4, 0.5) is 0 Å². The smallest absolute Gasteiger partial charge is 0.120 e. The van der Waals surface area contributed by atoms with Gasteiger partial charge in [0.15, 0.2) is 0 Å². The average molecular weight is 330 g/mol. The van der Waals surface area contributed by atoms with Gasteiger partial charge < -0.3 is 4.23 Å². The molecule has 0 saturated carbocycles. The number of unbranched alkanes of at least 4 members (excludes halogenated alkanes) is 3. The van der Waals surface area contributed by atoms with E-state index >= 15 is 0 Å². The van der Waals surface area contributed by atoms with Crippen LogP contribution in [0.5, 0.6) is 0 Å². The Balaban J connectivity index is 5.32. The van der Waals surface area contributed by atoms with Crippen LogP contribution in [-0.2, 0) is 0 Å². The van der Waals surface area contributed by atoms with Gasteiger partial charge in [0, 0.05) is 0 Å². The largest absolute Gasteiger partial charge is 0.345 e. The predicted molar refractivity (Wildman–Crippen MR) is 105 cm³/mol. The Morgan fingerprint density at radius 1 is 0.524 bits per heavy atom. The van der Waals surface area contributed by atoms with Crippen molar-refractivity contribution in [2.75, 3.05) is 6.54 Å². The van der Waals surface area contributed by atoms with Crippen LogP contribution >= 0.6 is 0 Å². The van der Waals surface area contributed by atoms with Crippen molar-refractivity contribution in [3.63, 3.8) is 0 Å². The van der Waals surface area contributed by atoms with Gasteiger partial charge in [0.1, 0.15) is 16.5 Å².